The Labute approximate surface area is 128 Å². The van der Waals surface area contributed by atoms with E-state index in [1.165, 1.54) is 6.07 Å². The summed E-state index contributed by atoms with van der Waals surface area (Å²) in [5.74, 6) is -1.20. The Bertz CT molecular complexity index is 917. The van der Waals surface area contributed by atoms with Crippen molar-refractivity contribution >= 4 is 10.9 Å². The maximum absolute atomic E-state index is 12.5. The molecule has 118 valence electrons. The third kappa shape index (κ3) is 2.93. The average molecular weight is 320 g/mol. The first-order valence-corrected chi connectivity index (χ1v) is 6.64. The summed E-state index contributed by atoms with van der Waals surface area (Å²) in [4.78, 5) is 21.7. The first-order valence-electron chi connectivity index (χ1n) is 6.64. The van der Waals surface area contributed by atoms with Crippen LogP contribution in [0.5, 0.6) is 0 Å². The van der Waals surface area contributed by atoms with Gasteiger partial charge in [0, 0.05) is 47.2 Å². The van der Waals surface area contributed by atoms with Gasteiger partial charge in [-0.05, 0) is 17.7 Å². The highest BCUT2D eigenvalue weighted by molar-refractivity contribution is 5.84. The molecule has 3 N–H and O–H groups in total. The number of aromatic amines is 1. The highest BCUT2D eigenvalue weighted by atomic mass is 19.4. The maximum atomic E-state index is 12.5. The second-order valence-corrected chi connectivity index (χ2v) is 4.92. The fourth-order valence-electron chi connectivity index (χ4n) is 2.22. The van der Waals surface area contributed by atoms with Crippen LogP contribution in [0.15, 0.2) is 41.5 Å². The van der Waals surface area contributed by atoms with Crippen LogP contribution in [0.3, 0.4) is 0 Å². The summed E-state index contributed by atoms with van der Waals surface area (Å²) in [5, 5.41) is 0.416. The molecule has 0 aliphatic carbocycles. The summed E-state index contributed by atoms with van der Waals surface area (Å²) in [7, 11) is 0. The van der Waals surface area contributed by atoms with Crippen molar-refractivity contribution in [2.24, 2.45) is 5.73 Å². The molecular formula is C15H11F3N4O. The molecule has 5 nitrogen and oxygen atoms in total. The molecule has 0 fully saturated rings. The summed E-state index contributed by atoms with van der Waals surface area (Å²) >= 11 is 0. The molecule has 0 radical (unpaired) electrons. The number of nitrogens with one attached hydrogen (secondary N) is 1. The standard InChI is InChI=1S/C15H11F3N4O/c16-15(17,18)14-20-6-9(7-21-14)8-1-2-12-11(3-8)13(23)4-10(5-19)22-12/h1-4,6-7H,5,19H2,(H,22,23). The molecule has 0 aliphatic rings. The lowest BCUT2D eigenvalue weighted by molar-refractivity contribution is -0.144. The lowest BCUT2D eigenvalue weighted by atomic mass is 10.1. The topological polar surface area (TPSA) is 84.7 Å². The fourth-order valence-corrected chi connectivity index (χ4v) is 2.22. The molecule has 0 spiro atoms. The van der Waals surface area contributed by atoms with E-state index in [-0.39, 0.29) is 12.0 Å². The van der Waals surface area contributed by atoms with Gasteiger partial charge in [0.05, 0.1) is 0 Å². The van der Waals surface area contributed by atoms with E-state index >= 15 is 0 Å². The Morgan fingerprint density at radius 2 is 1.78 bits per heavy atom. The lowest BCUT2D eigenvalue weighted by Crippen LogP contribution is -2.10. The summed E-state index contributed by atoms with van der Waals surface area (Å²) < 4.78 is 37.4. The number of aromatic nitrogens is 3. The number of fused-ring (bicyclic) bond motifs is 1. The van der Waals surface area contributed by atoms with Crippen LogP contribution in [0.4, 0.5) is 13.2 Å². The van der Waals surface area contributed by atoms with Gasteiger partial charge >= 0.3 is 6.18 Å². The third-order valence-corrected chi connectivity index (χ3v) is 3.34. The first-order chi connectivity index (χ1) is 10.9. The number of benzene rings is 1. The first kappa shape index (κ1) is 15.2. The van der Waals surface area contributed by atoms with E-state index in [0.717, 1.165) is 12.4 Å². The van der Waals surface area contributed by atoms with Crippen molar-refractivity contribution in [1.29, 1.82) is 0 Å². The molecule has 3 aromatic rings. The molecule has 0 unspecified atom stereocenters. The van der Waals surface area contributed by atoms with Crippen LogP contribution in [0, 0.1) is 0 Å². The number of alkyl halides is 3. The SMILES string of the molecule is NCc1cc(=O)c2cc(-c3cnc(C(F)(F)F)nc3)ccc2[nH]1. The number of rotatable bonds is 2. The van der Waals surface area contributed by atoms with Gasteiger partial charge in [0.2, 0.25) is 5.82 Å². The van der Waals surface area contributed by atoms with Gasteiger partial charge in [0.1, 0.15) is 0 Å². The number of nitrogens with zero attached hydrogens (tertiary/aromatic N) is 2. The minimum Gasteiger partial charge on any atom is -0.357 e. The molecule has 1 aromatic carbocycles. The fraction of sp³-hybridized carbons (Fsp3) is 0.133. The van der Waals surface area contributed by atoms with Crippen molar-refractivity contribution in [3.63, 3.8) is 0 Å². The molecule has 0 amide bonds. The van der Waals surface area contributed by atoms with Gasteiger partial charge in [-0.2, -0.15) is 13.2 Å². The van der Waals surface area contributed by atoms with Gasteiger partial charge in [-0.1, -0.05) is 6.07 Å². The maximum Gasteiger partial charge on any atom is 0.451 e. The lowest BCUT2D eigenvalue weighted by Gasteiger charge is -2.07. The van der Waals surface area contributed by atoms with Gasteiger partial charge in [-0.25, -0.2) is 9.97 Å². The smallest absolute Gasteiger partial charge is 0.357 e. The van der Waals surface area contributed by atoms with Gasteiger partial charge in [0.15, 0.2) is 5.43 Å². The molecule has 2 heterocycles. The normalized spacial score (nSPS) is 11.8. The third-order valence-electron chi connectivity index (χ3n) is 3.34. The van der Waals surface area contributed by atoms with E-state index in [9.17, 15) is 18.0 Å². The largest absolute Gasteiger partial charge is 0.451 e. The molecule has 23 heavy (non-hydrogen) atoms. The van der Waals surface area contributed by atoms with E-state index in [1.54, 1.807) is 18.2 Å². The predicted octanol–water partition coefficient (Wildman–Crippen LogP) is 2.46. The number of halogens is 3. The second kappa shape index (κ2) is 5.47. The molecule has 8 heteroatoms. The van der Waals surface area contributed by atoms with Gasteiger partial charge < -0.3 is 10.7 Å². The Morgan fingerprint density at radius 1 is 1.09 bits per heavy atom. The van der Waals surface area contributed by atoms with Crippen molar-refractivity contribution in [3.8, 4) is 11.1 Å². The number of hydrogen-bond acceptors (Lipinski definition) is 4. The van der Waals surface area contributed by atoms with Crippen molar-refractivity contribution in [1.82, 2.24) is 15.0 Å². The Hall–Kier alpha value is -2.74. The van der Waals surface area contributed by atoms with E-state index in [0.29, 0.717) is 27.7 Å². The van der Waals surface area contributed by atoms with Crippen LogP contribution in [0.1, 0.15) is 11.5 Å². The zero-order valence-electron chi connectivity index (χ0n) is 11.7. The molecule has 0 aliphatic heterocycles. The summed E-state index contributed by atoms with van der Waals surface area (Å²) in [6.45, 7) is 0.208. The molecule has 2 aromatic heterocycles. The number of hydrogen-bond donors (Lipinski definition) is 2. The Balaban J connectivity index is 2.07. The quantitative estimate of drug-likeness (QED) is 0.759. The molecule has 0 saturated carbocycles. The molecular weight excluding hydrogens is 309 g/mol. The van der Waals surface area contributed by atoms with Crippen molar-refractivity contribution in [2.75, 3.05) is 0 Å². The molecule has 0 atom stereocenters. The Kier molecular flexibility index (Phi) is 3.61. The van der Waals surface area contributed by atoms with E-state index in [2.05, 4.69) is 15.0 Å². The highest BCUT2D eigenvalue weighted by Gasteiger charge is 2.34. The van der Waals surface area contributed by atoms with Crippen LogP contribution in [-0.2, 0) is 12.7 Å². The van der Waals surface area contributed by atoms with Crippen LogP contribution in [0.2, 0.25) is 0 Å². The Morgan fingerprint density at radius 3 is 2.39 bits per heavy atom. The molecule has 0 saturated heterocycles. The number of nitrogens with two attached hydrogens (primary N) is 1. The predicted molar refractivity (Wildman–Crippen MR) is 78.5 cm³/mol. The summed E-state index contributed by atoms with van der Waals surface area (Å²) in [6.07, 6.45) is -2.42. The van der Waals surface area contributed by atoms with Crippen LogP contribution >= 0.6 is 0 Å². The van der Waals surface area contributed by atoms with Gasteiger partial charge in [-0.3, -0.25) is 4.79 Å². The zero-order valence-corrected chi connectivity index (χ0v) is 11.7. The average Bonchev–Trinajstić information content (AvgIpc) is 2.53. The van der Waals surface area contributed by atoms with Crippen LogP contribution in [-0.4, -0.2) is 15.0 Å². The monoisotopic (exact) mass is 320 g/mol. The molecule has 3 rings (SSSR count). The highest BCUT2D eigenvalue weighted by Crippen LogP contribution is 2.27. The van der Waals surface area contributed by atoms with E-state index in [4.69, 9.17) is 5.73 Å². The van der Waals surface area contributed by atoms with Crippen molar-refractivity contribution < 1.29 is 13.2 Å². The van der Waals surface area contributed by atoms with Crippen molar-refractivity contribution in [2.45, 2.75) is 12.7 Å². The van der Waals surface area contributed by atoms with E-state index < -0.39 is 12.0 Å². The van der Waals surface area contributed by atoms with E-state index in [1.807, 2.05) is 0 Å². The summed E-state index contributed by atoms with van der Waals surface area (Å²) in [5.41, 5.74) is 7.44. The minimum absolute atomic E-state index is 0.208. The number of pyridine rings is 1. The van der Waals surface area contributed by atoms with Gasteiger partial charge in [0.25, 0.3) is 0 Å². The second-order valence-electron chi connectivity index (χ2n) is 4.92. The minimum atomic E-state index is -4.59. The molecule has 0 bridgehead atoms. The van der Waals surface area contributed by atoms with Crippen LogP contribution < -0.4 is 11.2 Å². The summed E-state index contributed by atoms with van der Waals surface area (Å²) in [6, 6.07) is 6.32. The van der Waals surface area contributed by atoms with Crippen LogP contribution in [0.25, 0.3) is 22.0 Å². The zero-order chi connectivity index (χ0) is 16.6. The van der Waals surface area contributed by atoms with Gasteiger partial charge in [-0.15, -0.1) is 0 Å². The number of H-pyrrole nitrogens is 1. The van der Waals surface area contributed by atoms with Crippen molar-refractivity contribution in [3.05, 3.63) is 58.4 Å².